The molecular weight excluding hydrogens is 323 g/mol. The zero-order valence-corrected chi connectivity index (χ0v) is 11.8. The Hall–Kier alpha value is -0.820. The van der Waals surface area contributed by atoms with Crippen LogP contribution in [0.4, 0.5) is 18.9 Å². The molecule has 1 aromatic heterocycles. The molecule has 1 aromatic rings. The molecule has 106 valence electrons. The molecule has 0 aromatic carbocycles. The second kappa shape index (κ2) is 6.09. The smallest absolute Gasteiger partial charge is 0.384 e. The van der Waals surface area contributed by atoms with E-state index in [1.165, 1.54) is 4.90 Å². The van der Waals surface area contributed by atoms with E-state index in [0.29, 0.717) is 19.6 Å². The number of nitrogens with one attached hydrogen (secondary N) is 1. The molecule has 19 heavy (non-hydrogen) atoms. The lowest BCUT2D eigenvalue weighted by Gasteiger charge is -2.18. The molecule has 0 bridgehead atoms. The van der Waals surface area contributed by atoms with E-state index in [4.69, 9.17) is 0 Å². The van der Waals surface area contributed by atoms with Gasteiger partial charge in [0.1, 0.15) is 0 Å². The summed E-state index contributed by atoms with van der Waals surface area (Å²) in [5.74, 6) is 0.252. The van der Waals surface area contributed by atoms with Gasteiger partial charge in [-0.25, -0.2) is 0 Å². The third-order valence-corrected chi connectivity index (χ3v) is 3.76. The lowest BCUT2D eigenvalue weighted by atomic mass is 10.1. The molecule has 0 amide bonds. The van der Waals surface area contributed by atoms with Crippen LogP contribution in [0.3, 0.4) is 0 Å². The fraction of sp³-hybridized carbons (Fsp3) is 0.583. The van der Waals surface area contributed by atoms with Crippen LogP contribution in [-0.2, 0) is 0 Å². The van der Waals surface area contributed by atoms with Crippen LogP contribution in [-0.4, -0.2) is 42.2 Å². The van der Waals surface area contributed by atoms with Crippen LogP contribution in [0.15, 0.2) is 22.9 Å². The van der Waals surface area contributed by atoms with Gasteiger partial charge < -0.3 is 5.32 Å². The lowest BCUT2D eigenvalue weighted by molar-refractivity contribution is -0.143. The van der Waals surface area contributed by atoms with Crippen molar-refractivity contribution in [2.75, 3.05) is 31.5 Å². The Labute approximate surface area is 118 Å². The highest BCUT2D eigenvalue weighted by Gasteiger charge is 2.34. The van der Waals surface area contributed by atoms with Gasteiger partial charge in [0.25, 0.3) is 0 Å². The highest BCUT2D eigenvalue weighted by Crippen LogP contribution is 2.24. The van der Waals surface area contributed by atoms with Gasteiger partial charge in [-0.1, -0.05) is 0 Å². The molecule has 1 atom stereocenters. The number of likely N-dealkylation sites (tertiary alicyclic amines) is 1. The van der Waals surface area contributed by atoms with Crippen molar-refractivity contribution < 1.29 is 13.2 Å². The molecule has 1 aliphatic rings. The normalized spacial score (nSPS) is 20.7. The molecule has 1 aliphatic heterocycles. The van der Waals surface area contributed by atoms with Crippen LogP contribution in [0.25, 0.3) is 0 Å². The van der Waals surface area contributed by atoms with Crippen molar-refractivity contribution >= 4 is 21.6 Å². The Morgan fingerprint density at radius 2 is 2.26 bits per heavy atom. The van der Waals surface area contributed by atoms with Crippen molar-refractivity contribution in [3.63, 3.8) is 0 Å². The molecule has 0 saturated carbocycles. The monoisotopic (exact) mass is 337 g/mol. The van der Waals surface area contributed by atoms with Crippen LogP contribution in [0.2, 0.25) is 0 Å². The standard InChI is InChI=1S/C12H15BrF3N3/c13-10-6-17-3-1-11(10)18-5-9-2-4-19(7-9)8-12(14,15)16/h1,3,6,9H,2,4-5,7-8H2,(H,17,18). The van der Waals surface area contributed by atoms with E-state index < -0.39 is 12.7 Å². The number of hydrogen-bond donors (Lipinski definition) is 1. The van der Waals surface area contributed by atoms with Gasteiger partial charge in [-0.2, -0.15) is 13.2 Å². The quantitative estimate of drug-likeness (QED) is 0.914. The second-order valence-corrected chi connectivity index (χ2v) is 5.60. The number of halogens is 4. The number of nitrogens with zero attached hydrogens (tertiary/aromatic N) is 2. The molecule has 1 saturated heterocycles. The van der Waals surface area contributed by atoms with E-state index in [9.17, 15) is 13.2 Å². The Bertz CT molecular complexity index is 425. The summed E-state index contributed by atoms with van der Waals surface area (Å²) in [6.07, 6.45) is 0.0624. The minimum Gasteiger partial charge on any atom is -0.384 e. The maximum atomic E-state index is 12.3. The predicted octanol–water partition coefficient (Wildman–Crippen LogP) is 3.14. The van der Waals surface area contributed by atoms with E-state index in [-0.39, 0.29) is 5.92 Å². The summed E-state index contributed by atoms with van der Waals surface area (Å²) in [6, 6.07) is 1.84. The first-order valence-electron chi connectivity index (χ1n) is 6.06. The average Bonchev–Trinajstić information content (AvgIpc) is 2.73. The average molecular weight is 338 g/mol. The van der Waals surface area contributed by atoms with E-state index in [1.807, 2.05) is 6.07 Å². The van der Waals surface area contributed by atoms with Crippen molar-refractivity contribution in [2.24, 2.45) is 5.92 Å². The summed E-state index contributed by atoms with van der Waals surface area (Å²) in [7, 11) is 0. The topological polar surface area (TPSA) is 28.2 Å². The molecule has 0 aliphatic carbocycles. The van der Waals surface area contributed by atoms with Crippen LogP contribution in [0, 0.1) is 5.92 Å². The number of aromatic nitrogens is 1. The summed E-state index contributed by atoms with van der Waals surface area (Å²) < 4.78 is 37.7. The Morgan fingerprint density at radius 3 is 2.95 bits per heavy atom. The molecular formula is C12H15BrF3N3. The maximum absolute atomic E-state index is 12.3. The second-order valence-electron chi connectivity index (χ2n) is 4.74. The number of pyridine rings is 1. The summed E-state index contributed by atoms with van der Waals surface area (Å²) in [5, 5.41) is 3.24. The summed E-state index contributed by atoms with van der Waals surface area (Å²) >= 11 is 3.37. The van der Waals surface area contributed by atoms with Gasteiger partial charge in [0.05, 0.1) is 16.7 Å². The van der Waals surface area contributed by atoms with Gasteiger partial charge in [0, 0.05) is 25.5 Å². The Morgan fingerprint density at radius 1 is 1.47 bits per heavy atom. The molecule has 7 heteroatoms. The largest absolute Gasteiger partial charge is 0.401 e. The molecule has 1 unspecified atom stereocenters. The number of rotatable bonds is 4. The zero-order valence-electron chi connectivity index (χ0n) is 10.3. The summed E-state index contributed by atoms with van der Waals surface area (Å²) in [5.41, 5.74) is 0.921. The van der Waals surface area contributed by atoms with Crippen molar-refractivity contribution in [3.8, 4) is 0 Å². The van der Waals surface area contributed by atoms with Crippen LogP contribution in [0.1, 0.15) is 6.42 Å². The molecule has 0 spiro atoms. The van der Waals surface area contributed by atoms with E-state index in [1.54, 1.807) is 12.4 Å². The first kappa shape index (κ1) is 14.6. The van der Waals surface area contributed by atoms with E-state index in [2.05, 4.69) is 26.2 Å². The molecule has 0 radical (unpaired) electrons. The number of anilines is 1. The first-order valence-corrected chi connectivity index (χ1v) is 6.86. The minimum atomic E-state index is -4.10. The third-order valence-electron chi connectivity index (χ3n) is 3.13. The fourth-order valence-electron chi connectivity index (χ4n) is 2.25. The van der Waals surface area contributed by atoms with E-state index >= 15 is 0 Å². The van der Waals surface area contributed by atoms with Crippen molar-refractivity contribution in [1.82, 2.24) is 9.88 Å². The Balaban J connectivity index is 1.78. The molecule has 3 nitrogen and oxygen atoms in total. The molecule has 1 fully saturated rings. The van der Waals surface area contributed by atoms with E-state index in [0.717, 1.165) is 16.6 Å². The molecule has 2 heterocycles. The van der Waals surface area contributed by atoms with Crippen molar-refractivity contribution in [3.05, 3.63) is 22.9 Å². The van der Waals surface area contributed by atoms with Crippen LogP contribution in [0.5, 0.6) is 0 Å². The highest BCUT2D eigenvalue weighted by molar-refractivity contribution is 9.10. The third kappa shape index (κ3) is 4.65. The van der Waals surface area contributed by atoms with Gasteiger partial charge >= 0.3 is 6.18 Å². The van der Waals surface area contributed by atoms with Crippen molar-refractivity contribution in [1.29, 1.82) is 0 Å². The highest BCUT2D eigenvalue weighted by atomic mass is 79.9. The van der Waals surface area contributed by atoms with Crippen molar-refractivity contribution in [2.45, 2.75) is 12.6 Å². The minimum absolute atomic E-state index is 0.252. The number of alkyl halides is 3. The molecule has 2 rings (SSSR count). The first-order chi connectivity index (χ1) is 8.94. The van der Waals surface area contributed by atoms with Crippen LogP contribution < -0.4 is 5.32 Å². The van der Waals surface area contributed by atoms with Crippen LogP contribution >= 0.6 is 15.9 Å². The number of hydrogen-bond acceptors (Lipinski definition) is 3. The molecule has 1 N–H and O–H groups in total. The maximum Gasteiger partial charge on any atom is 0.401 e. The van der Waals surface area contributed by atoms with Gasteiger partial charge in [-0.3, -0.25) is 9.88 Å². The lowest BCUT2D eigenvalue weighted by Crippen LogP contribution is -2.33. The Kier molecular flexibility index (Phi) is 4.67. The predicted molar refractivity (Wildman–Crippen MR) is 71.0 cm³/mol. The van der Waals surface area contributed by atoms with Gasteiger partial charge in [-0.05, 0) is 40.9 Å². The summed E-state index contributed by atoms with van der Waals surface area (Å²) in [4.78, 5) is 5.42. The fourth-order valence-corrected chi connectivity index (χ4v) is 2.64. The SMILES string of the molecule is FC(F)(F)CN1CCC(CNc2ccncc2Br)C1. The van der Waals surface area contributed by atoms with Gasteiger partial charge in [0.2, 0.25) is 0 Å². The summed E-state index contributed by atoms with van der Waals surface area (Å²) in [6.45, 7) is 0.887. The zero-order chi connectivity index (χ0) is 13.9. The van der Waals surface area contributed by atoms with Gasteiger partial charge in [0.15, 0.2) is 0 Å². The van der Waals surface area contributed by atoms with Gasteiger partial charge in [-0.15, -0.1) is 0 Å².